The molecular formula is C15H18F3N5O. The number of hydrogen-bond donors (Lipinski definition) is 0. The maximum atomic E-state index is 13.1. The molecule has 1 aliphatic heterocycles. The van der Waals surface area contributed by atoms with Crippen molar-refractivity contribution in [3.63, 3.8) is 0 Å². The van der Waals surface area contributed by atoms with Gasteiger partial charge in [-0.25, -0.2) is 0 Å². The van der Waals surface area contributed by atoms with Crippen molar-refractivity contribution in [2.45, 2.75) is 32.3 Å². The van der Waals surface area contributed by atoms with Crippen LogP contribution in [0.4, 0.5) is 13.2 Å². The zero-order valence-corrected chi connectivity index (χ0v) is 13.2. The lowest BCUT2D eigenvalue weighted by Crippen LogP contribution is -2.39. The molecule has 2 aromatic heterocycles. The van der Waals surface area contributed by atoms with Gasteiger partial charge in [0.2, 0.25) is 0 Å². The molecule has 0 N–H and O–H groups in total. The molecule has 0 aromatic carbocycles. The van der Waals surface area contributed by atoms with Gasteiger partial charge in [0, 0.05) is 32.4 Å². The fourth-order valence-corrected chi connectivity index (χ4v) is 2.79. The number of aromatic nitrogens is 4. The summed E-state index contributed by atoms with van der Waals surface area (Å²) in [4.78, 5) is 5.83. The minimum absolute atomic E-state index is 0.0302. The molecule has 1 aliphatic rings. The van der Waals surface area contributed by atoms with Gasteiger partial charge in [-0.05, 0) is 19.1 Å². The summed E-state index contributed by atoms with van der Waals surface area (Å²) in [5, 5.41) is 7.95. The Morgan fingerprint density at radius 2 is 2.21 bits per heavy atom. The van der Waals surface area contributed by atoms with E-state index in [4.69, 9.17) is 4.74 Å². The molecule has 0 spiro atoms. The zero-order valence-electron chi connectivity index (χ0n) is 13.2. The quantitative estimate of drug-likeness (QED) is 0.854. The van der Waals surface area contributed by atoms with Gasteiger partial charge in [0.15, 0.2) is 5.82 Å². The Labute approximate surface area is 137 Å². The maximum Gasteiger partial charge on any atom is 0.418 e. The molecule has 0 unspecified atom stereocenters. The van der Waals surface area contributed by atoms with Gasteiger partial charge >= 0.3 is 6.18 Å². The predicted octanol–water partition coefficient (Wildman–Crippen LogP) is 2.29. The summed E-state index contributed by atoms with van der Waals surface area (Å²) < 4.78 is 46.9. The minimum Gasteiger partial charge on any atom is -0.368 e. The summed E-state index contributed by atoms with van der Waals surface area (Å²) in [5.74, 6) is 0.694. The van der Waals surface area contributed by atoms with Gasteiger partial charge in [-0.1, -0.05) is 0 Å². The van der Waals surface area contributed by atoms with Crippen LogP contribution in [0.2, 0.25) is 0 Å². The van der Waals surface area contributed by atoms with Crippen LogP contribution in [0.15, 0.2) is 24.7 Å². The summed E-state index contributed by atoms with van der Waals surface area (Å²) in [7, 11) is 0. The fraction of sp³-hybridized carbons (Fsp3) is 0.533. The normalized spacial score (nSPS) is 19.6. The van der Waals surface area contributed by atoms with E-state index < -0.39 is 11.7 Å². The molecule has 130 valence electrons. The topological polar surface area (TPSA) is 56.1 Å². The largest absolute Gasteiger partial charge is 0.418 e. The molecule has 2 aromatic rings. The molecule has 0 amide bonds. The number of rotatable bonds is 4. The highest BCUT2D eigenvalue weighted by molar-refractivity contribution is 5.23. The molecule has 0 saturated carbocycles. The van der Waals surface area contributed by atoms with E-state index in [1.54, 1.807) is 6.33 Å². The Kier molecular flexibility index (Phi) is 4.81. The van der Waals surface area contributed by atoms with Gasteiger partial charge in [-0.3, -0.25) is 9.88 Å². The molecular weight excluding hydrogens is 323 g/mol. The Morgan fingerprint density at radius 1 is 1.38 bits per heavy atom. The van der Waals surface area contributed by atoms with Gasteiger partial charge in [-0.2, -0.15) is 13.2 Å². The predicted molar refractivity (Wildman–Crippen MR) is 78.9 cm³/mol. The number of halogens is 3. The Balaban J connectivity index is 1.75. The van der Waals surface area contributed by atoms with Crippen LogP contribution >= 0.6 is 0 Å². The van der Waals surface area contributed by atoms with E-state index >= 15 is 0 Å². The van der Waals surface area contributed by atoms with Crippen molar-refractivity contribution >= 4 is 0 Å². The molecule has 9 heteroatoms. The van der Waals surface area contributed by atoms with Crippen LogP contribution in [-0.2, 0) is 24.0 Å². The number of morpholine rings is 1. The first-order valence-electron chi connectivity index (χ1n) is 7.71. The second-order valence-corrected chi connectivity index (χ2v) is 5.57. The zero-order chi connectivity index (χ0) is 17.2. The summed E-state index contributed by atoms with van der Waals surface area (Å²) in [6.07, 6.45) is -1.70. The molecule has 3 rings (SSSR count). The van der Waals surface area contributed by atoms with Crippen molar-refractivity contribution in [1.82, 2.24) is 24.6 Å². The summed E-state index contributed by atoms with van der Waals surface area (Å²) >= 11 is 0. The second-order valence-electron chi connectivity index (χ2n) is 5.57. The third kappa shape index (κ3) is 3.57. The lowest BCUT2D eigenvalue weighted by Gasteiger charge is -2.32. The molecule has 0 bridgehead atoms. The van der Waals surface area contributed by atoms with E-state index in [0.29, 0.717) is 32.1 Å². The highest BCUT2D eigenvalue weighted by Crippen LogP contribution is 2.32. The molecule has 0 aliphatic carbocycles. The van der Waals surface area contributed by atoms with Gasteiger partial charge < -0.3 is 9.30 Å². The van der Waals surface area contributed by atoms with E-state index in [-0.39, 0.29) is 18.3 Å². The highest BCUT2D eigenvalue weighted by atomic mass is 19.4. The number of hydrogen-bond acceptors (Lipinski definition) is 5. The van der Waals surface area contributed by atoms with E-state index in [1.165, 1.54) is 12.3 Å². The lowest BCUT2D eigenvalue weighted by molar-refractivity contribution is -0.139. The average Bonchev–Trinajstić information content (AvgIpc) is 3.03. The third-order valence-corrected chi connectivity index (χ3v) is 3.99. The Bertz CT molecular complexity index is 688. The maximum absolute atomic E-state index is 13.1. The molecule has 0 radical (unpaired) electrons. The molecule has 3 heterocycles. The smallest absolute Gasteiger partial charge is 0.368 e. The SMILES string of the molecule is CCn1cnnc1[C@H]1CN(Cc2ncccc2C(F)(F)F)CCO1. The van der Waals surface area contributed by atoms with Crippen molar-refractivity contribution in [1.29, 1.82) is 0 Å². The van der Waals surface area contributed by atoms with Crippen molar-refractivity contribution in [3.8, 4) is 0 Å². The highest BCUT2D eigenvalue weighted by Gasteiger charge is 2.35. The van der Waals surface area contributed by atoms with Gasteiger partial charge in [0.05, 0.1) is 17.9 Å². The fourth-order valence-electron chi connectivity index (χ4n) is 2.79. The van der Waals surface area contributed by atoms with Gasteiger partial charge in [-0.15, -0.1) is 10.2 Å². The van der Waals surface area contributed by atoms with Crippen LogP contribution < -0.4 is 0 Å². The van der Waals surface area contributed by atoms with E-state index in [2.05, 4.69) is 15.2 Å². The van der Waals surface area contributed by atoms with Crippen LogP contribution in [0.5, 0.6) is 0 Å². The summed E-state index contributed by atoms with van der Waals surface area (Å²) in [6, 6.07) is 2.37. The van der Waals surface area contributed by atoms with Gasteiger partial charge in [0.1, 0.15) is 12.4 Å². The van der Waals surface area contributed by atoms with E-state index in [9.17, 15) is 13.2 Å². The van der Waals surface area contributed by atoms with Crippen molar-refractivity contribution in [2.24, 2.45) is 0 Å². The van der Waals surface area contributed by atoms with Crippen molar-refractivity contribution < 1.29 is 17.9 Å². The van der Waals surface area contributed by atoms with Gasteiger partial charge in [0.25, 0.3) is 0 Å². The molecule has 1 saturated heterocycles. The lowest BCUT2D eigenvalue weighted by atomic mass is 10.1. The summed E-state index contributed by atoms with van der Waals surface area (Å²) in [6.45, 7) is 4.22. The van der Waals surface area contributed by atoms with Crippen LogP contribution in [0.3, 0.4) is 0 Å². The van der Waals surface area contributed by atoms with Crippen molar-refractivity contribution in [2.75, 3.05) is 19.7 Å². The minimum atomic E-state index is -4.41. The summed E-state index contributed by atoms with van der Waals surface area (Å²) in [5.41, 5.74) is -0.660. The Hall–Kier alpha value is -2.00. The molecule has 24 heavy (non-hydrogen) atoms. The average molecular weight is 341 g/mol. The molecule has 1 fully saturated rings. The molecule has 1 atom stereocenters. The van der Waals surface area contributed by atoms with Crippen LogP contribution in [0.1, 0.15) is 30.1 Å². The number of pyridine rings is 1. The number of aryl methyl sites for hydroxylation is 1. The first-order chi connectivity index (χ1) is 11.5. The van der Waals surface area contributed by atoms with Crippen LogP contribution in [-0.4, -0.2) is 44.3 Å². The standard InChI is InChI=1S/C15H18F3N5O/c1-2-23-10-20-21-14(23)13-9-22(6-7-24-13)8-12-11(15(16,17)18)4-3-5-19-12/h3-5,10,13H,2,6-9H2,1H3/t13-/m1/s1. The Morgan fingerprint density at radius 3 is 2.96 bits per heavy atom. The number of alkyl halides is 3. The monoisotopic (exact) mass is 341 g/mol. The first-order valence-corrected chi connectivity index (χ1v) is 7.71. The third-order valence-electron chi connectivity index (χ3n) is 3.99. The van der Waals surface area contributed by atoms with Crippen LogP contribution in [0.25, 0.3) is 0 Å². The van der Waals surface area contributed by atoms with Crippen molar-refractivity contribution in [3.05, 3.63) is 41.7 Å². The van der Waals surface area contributed by atoms with Crippen LogP contribution in [0, 0.1) is 0 Å². The van der Waals surface area contributed by atoms with E-state index in [0.717, 1.165) is 6.07 Å². The number of nitrogens with zero attached hydrogens (tertiary/aromatic N) is 5. The van der Waals surface area contributed by atoms with E-state index in [1.807, 2.05) is 16.4 Å². The second kappa shape index (κ2) is 6.86. The number of ether oxygens (including phenoxy) is 1. The molecule has 6 nitrogen and oxygen atoms in total. The first kappa shape index (κ1) is 16.8.